The highest BCUT2D eigenvalue weighted by atomic mass is 35.5. The maximum absolute atomic E-state index is 14.2. The summed E-state index contributed by atoms with van der Waals surface area (Å²) in [6.07, 6.45) is -0.760. The van der Waals surface area contributed by atoms with Crippen LogP contribution in [0.15, 0.2) is 30.3 Å². The van der Waals surface area contributed by atoms with Crippen molar-refractivity contribution in [2.45, 2.75) is 46.1 Å². The summed E-state index contributed by atoms with van der Waals surface area (Å²) in [5, 5.41) is 5.54. The summed E-state index contributed by atoms with van der Waals surface area (Å²) in [6.45, 7) is 7.87. The highest BCUT2D eigenvalue weighted by Crippen LogP contribution is 2.34. The Morgan fingerprint density at radius 3 is 2.58 bits per heavy atom. The van der Waals surface area contributed by atoms with Gasteiger partial charge in [0.25, 0.3) is 18.2 Å². The number of nitrogens with one attached hydrogen (secondary N) is 2. The number of carbonyl (C=O) groups excluding carboxylic acids is 3. The number of morpholine rings is 1. The number of rotatable bonds is 11. The lowest BCUT2D eigenvalue weighted by molar-refractivity contribution is -0.125. The molecule has 0 unspecified atom stereocenters. The molecule has 1 aliphatic heterocycles. The lowest BCUT2D eigenvalue weighted by Crippen LogP contribution is -2.53. The number of halogens is 3. The standard InChI is InChI=1S/C28H35ClF2N4O4S/c1-28(2,3)16-34(14-17-4-5-17)21(13-32-27(38)22-8-9-23(29)40-22)26(37)33-20-7-6-18(12-19(20)25(30)31)35-10-11-39-15-24(35)36/h6-9,12,17,21,25H,4-5,10-11,13-16H2,1-3H3,(H,32,38)(H,33,37)/t21-/m1/s1. The first-order valence-electron chi connectivity index (χ1n) is 13.3. The summed E-state index contributed by atoms with van der Waals surface area (Å²) in [4.78, 5) is 42.6. The van der Waals surface area contributed by atoms with E-state index in [0.717, 1.165) is 24.2 Å². The predicted octanol–water partition coefficient (Wildman–Crippen LogP) is 5.20. The fraction of sp³-hybridized carbons (Fsp3) is 0.536. The summed E-state index contributed by atoms with van der Waals surface area (Å²) in [5.41, 5.74) is -0.249. The predicted molar refractivity (Wildman–Crippen MR) is 152 cm³/mol. The van der Waals surface area contributed by atoms with Gasteiger partial charge in [0.2, 0.25) is 5.91 Å². The molecule has 0 bridgehead atoms. The van der Waals surface area contributed by atoms with E-state index in [1.807, 2.05) is 4.90 Å². The molecule has 1 aromatic carbocycles. The van der Waals surface area contributed by atoms with E-state index in [1.165, 1.54) is 17.0 Å². The van der Waals surface area contributed by atoms with Crippen LogP contribution in [-0.2, 0) is 14.3 Å². The van der Waals surface area contributed by atoms with E-state index >= 15 is 0 Å². The average Bonchev–Trinajstić information content (AvgIpc) is 3.59. The van der Waals surface area contributed by atoms with Crippen LogP contribution in [0.4, 0.5) is 20.2 Å². The minimum atomic E-state index is -2.88. The lowest BCUT2D eigenvalue weighted by atomic mass is 9.94. The number of nitrogens with zero attached hydrogens (tertiary/aromatic N) is 2. The Kier molecular flexibility index (Phi) is 9.81. The number of benzene rings is 1. The fourth-order valence-electron chi connectivity index (χ4n) is 4.66. The van der Waals surface area contributed by atoms with Crippen LogP contribution < -0.4 is 15.5 Å². The Balaban J connectivity index is 1.58. The molecule has 8 nitrogen and oxygen atoms in total. The van der Waals surface area contributed by atoms with Crippen LogP contribution >= 0.6 is 22.9 Å². The van der Waals surface area contributed by atoms with Crippen molar-refractivity contribution in [2.24, 2.45) is 11.3 Å². The molecular weight excluding hydrogens is 562 g/mol. The quantitative estimate of drug-likeness (QED) is 0.372. The van der Waals surface area contributed by atoms with Crippen molar-refractivity contribution < 1.29 is 27.9 Å². The molecular formula is C28H35ClF2N4O4S. The number of alkyl halides is 2. The van der Waals surface area contributed by atoms with Gasteiger partial charge in [-0.15, -0.1) is 11.3 Å². The number of ether oxygens (including phenoxy) is 1. The van der Waals surface area contributed by atoms with E-state index in [0.29, 0.717) is 40.5 Å². The maximum Gasteiger partial charge on any atom is 0.265 e. The molecule has 1 atom stereocenters. The summed E-state index contributed by atoms with van der Waals surface area (Å²) in [6, 6.07) is 6.62. The van der Waals surface area contributed by atoms with Crippen molar-refractivity contribution in [3.8, 4) is 0 Å². The van der Waals surface area contributed by atoms with Crippen molar-refractivity contribution in [3.05, 3.63) is 45.1 Å². The average molecular weight is 597 g/mol. The molecule has 3 amide bonds. The minimum Gasteiger partial charge on any atom is -0.370 e. The van der Waals surface area contributed by atoms with Crippen LogP contribution in [0.3, 0.4) is 0 Å². The molecule has 0 radical (unpaired) electrons. The molecule has 4 rings (SSSR count). The molecule has 218 valence electrons. The molecule has 2 heterocycles. The number of hydrogen-bond donors (Lipinski definition) is 2. The van der Waals surface area contributed by atoms with Crippen molar-refractivity contribution in [3.63, 3.8) is 0 Å². The molecule has 1 aliphatic carbocycles. The largest absolute Gasteiger partial charge is 0.370 e. The van der Waals surface area contributed by atoms with Gasteiger partial charge in [-0.05, 0) is 54.5 Å². The van der Waals surface area contributed by atoms with Gasteiger partial charge in [-0.3, -0.25) is 19.3 Å². The van der Waals surface area contributed by atoms with Gasteiger partial charge < -0.3 is 20.3 Å². The number of amides is 3. The summed E-state index contributed by atoms with van der Waals surface area (Å²) in [7, 11) is 0. The number of hydrogen-bond acceptors (Lipinski definition) is 6. The fourth-order valence-corrected chi connectivity index (χ4v) is 5.62. The SMILES string of the molecule is CC(C)(C)CN(CC1CC1)[C@H](CNC(=O)c1ccc(Cl)s1)C(=O)Nc1ccc(N2CCOCC2=O)cc1C(F)F. The smallest absolute Gasteiger partial charge is 0.265 e. The number of thiophene rings is 1. The molecule has 1 saturated heterocycles. The Morgan fingerprint density at radius 1 is 1.23 bits per heavy atom. The molecule has 2 aliphatic rings. The van der Waals surface area contributed by atoms with Crippen LogP contribution in [0.25, 0.3) is 0 Å². The molecule has 40 heavy (non-hydrogen) atoms. The zero-order chi connectivity index (χ0) is 29.0. The van der Waals surface area contributed by atoms with Gasteiger partial charge in [0.1, 0.15) is 12.6 Å². The van der Waals surface area contributed by atoms with Gasteiger partial charge in [0.15, 0.2) is 0 Å². The third-order valence-corrected chi connectivity index (χ3v) is 7.92. The second-order valence-corrected chi connectivity index (χ2v) is 13.1. The topological polar surface area (TPSA) is 91.0 Å². The Hall–Kier alpha value is -2.60. The van der Waals surface area contributed by atoms with Gasteiger partial charge in [0, 0.05) is 43.1 Å². The van der Waals surface area contributed by atoms with Gasteiger partial charge in [0.05, 0.1) is 15.8 Å². The first-order chi connectivity index (χ1) is 18.9. The summed E-state index contributed by atoms with van der Waals surface area (Å²) in [5.74, 6) is -0.716. The van der Waals surface area contributed by atoms with Crippen LogP contribution in [0.2, 0.25) is 4.34 Å². The van der Waals surface area contributed by atoms with E-state index in [2.05, 4.69) is 31.4 Å². The Morgan fingerprint density at radius 2 is 1.98 bits per heavy atom. The number of carbonyl (C=O) groups is 3. The molecule has 12 heteroatoms. The normalized spacial score (nSPS) is 16.9. The number of anilines is 2. The molecule has 2 fully saturated rings. The third-order valence-electron chi connectivity index (χ3n) is 6.69. The van der Waals surface area contributed by atoms with Crippen molar-refractivity contribution in [1.82, 2.24) is 10.2 Å². The second kappa shape index (κ2) is 12.9. The minimum absolute atomic E-state index is 0.00659. The zero-order valence-corrected chi connectivity index (χ0v) is 24.4. The van der Waals surface area contributed by atoms with Gasteiger partial charge in [-0.2, -0.15) is 0 Å². The maximum atomic E-state index is 14.2. The van der Waals surface area contributed by atoms with Crippen LogP contribution in [-0.4, -0.2) is 68.1 Å². The van der Waals surface area contributed by atoms with E-state index in [1.54, 1.807) is 18.2 Å². The van der Waals surface area contributed by atoms with Crippen LogP contribution in [0.1, 0.15) is 55.3 Å². The summed E-state index contributed by atoms with van der Waals surface area (Å²) < 4.78 is 34.0. The second-order valence-electron chi connectivity index (χ2n) is 11.4. The molecule has 1 aromatic heterocycles. The Labute approximate surface area is 242 Å². The van der Waals surface area contributed by atoms with Gasteiger partial charge in [-0.25, -0.2) is 8.78 Å². The van der Waals surface area contributed by atoms with E-state index in [9.17, 15) is 23.2 Å². The molecule has 1 saturated carbocycles. The van der Waals surface area contributed by atoms with Crippen molar-refractivity contribution in [2.75, 3.05) is 49.6 Å². The molecule has 2 N–H and O–H groups in total. The third kappa shape index (κ3) is 8.22. The van der Waals surface area contributed by atoms with Crippen LogP contribution in [0, 0.1) is 11.3 Å². The highest BCUT2D eigenvalue weighted by molar-refractivity contribution is 7.18. The van der Waals surface area contributed by atoms with Crippen LogP contribution in [0.5, 0.6) is 0 Å². The molecule has 2 aromatic rings. The first kappa shape index (κ1) is 30.4. The first-order valence-corrected chi connectivity index (χ1v) is 14.5. The van der Waals surface area contributed by atoms with Gasteiger partial charge >= 0.3 is 0 Å². The van der Waals surface area contributed by atoms with Crippen molar-refractivity contribution >= 4 is 52.0 Å². The van der Waals surface area contributed by atoms with E-state index < -0.39 is 18.4 Å². The molecule has 0 spiro atoms. The lowest BCUT2D eigenvalue weighted by Gasteiger charge is -2.36. The van der Waals surface area contributed by atoms with Gasteiger partial charge in [-0.1, -0.05) is 32.4 Å². The Bertz CT molecular complexity index is 1230. The van der Waals surface area contributed by atoms with E-state index in [-0.39, 0.29) is 48.2 Å². The summed E-state index contributed by atoms with van der Waals surface area (Å²) >= 11 is 7.12. The van der Waals surface area contributed by atoms with Crippen molar-refractivity contribution in [1.29, 1.82) is 0 Å². The van der Waals surface area contributed by atoms with E-state index in [4.69, 9.17) is 16.3 Å². The zero-order valence-electron chi connectivity index (χ0n) is 22.8. The monoisotopic (exact) mass is 596 g/mol. The highest BCUT2D eigenvalue weighted by Gasteiger charge is 2.35.